The normalized spacial score (nSPS) is 12.1. The van der Waals surface area contributed by atoms with Gasteiger partial charge in [0.15, 0.2) is 6.10 Å². The zero-order valence-corrected chi connectivity index (χ0v) is 19.1. The number of amides is 1. The summed E-state index contributed by atoms with van der Waals surface area (Å²) in [5, 5.41) is 3.33. The van der Waals surface area contributed by atoms with Crippen molar-refractivity contribution in [1.29, 1.82) is 0 Å². The van der Waals surface area contributed by atoms with E-state index in [1.165, 1.54) is 42.5 Å². The summed E-state index contributed by atoms with van der Waals surface area (Å²) in [7, 11) is -3.86. The maximum Gasteiger partial charge on any atom is 0.265 e. The van der Waals surface area contributed by atoms with E-state index in [4.69, 9.17) is 27.9 Å². The molecule has 31 heavy (non-hydrogen) atoms. The Hall–Kier alpha value is -2.74. The van der Waals surface area contributed by atoms with Crippen LogP contribution in [0.3, 0.4) is 0 Å². The topological polar surface area (TPSA) is 84.5 Å². The third kappa shape index (κ3) is 6.13. The van der Waals surface area contributed by atoms with Gasteiger partial charge in [0.2, 0.25) is 0 Å². The van der Waals surface area contributed by atoms with Crippen molar-refractivity contribution in [3.63, 3.8) is 0 Å². The number of hydrogen-bond donors (Lipinski definition) is 2. The highest BCUT2D eigenvalue weighted by atomic mass is 35.5. The summed E-state index contributed by atoms with van der Waals surface area (Å²) >= 11 is 11.8. The third-order valence-electron chi connectivity index (χ3n) is 4.31. The average Bonchev–Trinajstić information content (AvgIpc) is 2.69. The molecular formula is C22H20Cl2N2O4S. The van der Waals surface area contributed by atoms with Crippen molar-refractivity contribution in [2.45, 2.75) is 24.8 Å². The number of halogens is 2. The van der Waals surface area contributed by atoms with Gasteiger partial charge in [0.05, 0.1) is 10.6 Å². The Bertz CT molecular complexity index is 1180. The van der Waals surface area contributed by atoms with E-state index in [-0.39, 0.29) is 16.5 Å². The number of carbonyl (C=O) groups excluding carboxylic acids is 1. The lowest BCUT2D eigenvalue weighted by atomic mass is 10.2. The highest BCUT2D eigenvalue weighted by Crippen LogP contribution is 2.25. The summed E-state index contributed by atoms with van der Waals surface area (Å²) in [6, 6.07) is 17.6. The van der Waals surface area contributed by atoms with Gasteiger partial charge in [-0.05, 0) is 67.9 Å². The Labute approximate surface area is 191 Å². The van der Waals surface area contributed by atoms with Crippen molar-refractivity contribution in [3.8, 4) is 5.75 Å². The summed E-state index contributed by atoms with van der Waals surface area (Å²) in [5.41, 5.74) is 1.61. The van der Waals surface area contributed by atoms with Crippen molar-refractivity contribution in [1.82, 2.24) is 0 Å². The molecule has 0 radical (unpaired) electrons. The van der Waals surface area contributed by atoms with Crippen molar-refractivity contribution >= 4 is 50.5 Å². The lowest BCUT2D eigenvalue weighted by molar-refractivity contribution is -0.122. The molecule has 2 N–H and O–H groups in total. The number of nitrogens with one attached hydrogen (secondary N) is 2. The zero-order valence-electron chi connectivity index (χ0n) is 16.7. The number of rotatable bonds is 7. The number of para-hydroxylation sites is 1. The molecule has 6 nitrogen and oxygen atoms in total. The summed E-state index contributed by atoms with van der Waals surface area (Å²) in [4.78, 5) is 12.4. The third-order valence-corrected chi connectivity index (χ3v) is 6.15. The minimum Gasteiger partial charge on any atom is -0.481 e. The molecule has 0 aliphatic rings. The van der Waals surface area contributed by atoms with Crippen molar-refractivity contribution in [2.75, 3.05) is 10.0 Å². The van der Waals surface area contributed by atoms with Crippen LogP contribution in [-0.4, -0.2) is 20.4 Å². The Morgan fingerprint density at radius 1 is 0.935 bits per heavy atom. The predicted octanol–water partition coefficient (Wildman–Crippen LogP) is 5.51. The molecule has 0 aromatic heterocycles. The second-order valence-electron chi connectivity index (χ2n) is 6.80. The van der Waals surface area contributed by atoms with Crippen LogP contribution in [0.1, 0.15) is 12.5 Å². The van der Waals surface area contributed by atoms with Gasteiger partial charge in [-0.3, -0.25) is 9.52 Å². The zero-order chi connectivity index (χ0) is 22.6. The minimum absolute atomic E-state index is 0.0193. The van der Waals surface area contributed by atoms with Crippen LogP contribution in [0.5, 0.6) is 5.75 Å². The first-order valence-electron chi connectivity index (χ1n) is 9.26. The molecule has 1 atom stereocenters. The Morgan fingerprint density at radius 2 is 1.55 bits per heavy atom. The molecule has 0 unspecified atom stereocenters. The average molecular weight is 479 g/mol. The van der Waals surface area contributed by atoms with Crippen LogP contribution in [-0.2, 0) is 14.8 Å². The number of anilines is 2. The van der Waals surface area contributed by atoms with Crippen LogP contribution in [0.25, 0.3) is 0 Å². The lowest BCUT2D eigenvalue weighted by Gasteiger charge is -2.16. The van der Waals surface area contributed by atoms with Gasteiger partial charge in [0.25, 0.3) is 15.9 Å². The maximum absolute atomic E-state index is 12.6. The SMILES string of the molecule is Cc1ccccc1O[C@H](C)C(=O)Nc1ccc(S(=O)(=O)Nc2cc(Cl)cc(Cl)c2)cc1. The Morgan fingerprint density at radius 3 is 2.16 bits per heavy atom. The fourth-order valence-corrected chi connectivity index (χ4v) is 4.29. The number of carbonyl (C=O) groups is 1. The van der Waals surface area contributed by atoms with E-state index in [1.807, 2.05) is 25.1 Å². The molecule has 162 valence electrons. The second-order valence-corrected chi connectivity index (χ2v) is 9.36. The standard InChI is InChI=1S/C22H20Cl2N2O4S/c1-14-5-3-4-6-21(14)30-15(2)22(27)25-18-7-9-20(10-8-18)31(28,29)26-19-12-16(23)11-17(24)13-19/h3-13,15,26H,1-2H3,(H,25,27)/t15-/m1/s1. The molecule has 3 rings (SSSR count). The van der Waals surface area contributed by atoms with Crippen LogP contribution >= 0.6 is 23.2 Å². The van der Waals surface area contributed by atoms with E-state index in [1.54, 1.807) is 13.0 Å². The van der Waals surface area contributed by atoms with E-state index in [0.717, 1.165) is 5.56 Å². The molecule has 0 bridgehead atoms. The molecule has 3 aromatic carbocycles. The number of hydrogen-bond acceptors (Lipinski definition) is 4. The number of benzene rings is 3. The van der Waals surface area contributed by atoms with Crippen LogP contribution in [0, 0.1) is 6.92 Å². The van der Waals surface area contributed by atoms with Gasteiger partial charge in [-0.15, -0.1) is 0 Å². The molecule has 0 spiro atoms. The number of ether oxygens (including phenoxy) is 1. The van der Waals surface area contributed by atoms with E-state index < -0.39 is 16.1 Å². The summed E-state index contributed by atoms with van der Waals surface area (Å²) in [5.74, 6) is 0.268. The molecule has 0 heterocycles. The largest absolute Gasteiger partial charge is 0.481 e. The summed E-state index contributed by atoms with van der Waals surface area (Å²) in [6.07, 6.45) is -0.737. The fourth-order valence-electron chi connectivity index (χ4n) is 2.72. The van der Waals surface area contributed by atoms with E-state index in [2.05, 4.69) is 10.0 Å². The van der Waals surface area contributed by atoms with Crippen LogP contribution in [0.15, 0.2) is 71.6 Å². The molecule has 0 fully saturated rings. The number of sulfonamides is 1. The smallest absolute Gasteiger partial charge is 0.265 e. The van der Waals surface area contributed by atoms with Gasteiger partial charge in [0.1, 0.15) is 5.75 Å². The van der Waals surface area contributed by atoms with Gasteiger partial charge in [-0.25, -0.2) is 8.42 Å². The fraction of sp³-hybridized carbons (Fsp3) is 0.136. The van der Waals surface area contributed by atoms with E-state index in [9.17, 15) is 13.2 Å². The predicted molar refractivity (Wildman–Crippen MR) is 124 cm³/mol. The maximum atomic E-state index is 12.6. The van der Waals surface area contributed by atoms with Gasteiger partial charge < -0.3 is 10.1 Å². The van der Waals surface area contributed by atoms with Crippen LogP contribution in [0.2, 0.25) is 10.0 Å². The highest BCUT2D eigenvalue weighted by molar-refractivity contribution is 7.92. The van der Waals surface area contributed by atoms with Gasteiger partial charge in [0, 0.05) is 15.7 Å². The number of aryl methyl sites for hydroxylation is 1. The first kappa shape index (κ1) is 22.9. The van der Waals surface area contributed by atoms with Crippen molar-refractivity contribution in [2.24, 2.45) is 0 Å². The summed E-state index contributed by atoms with van der Waals surface area (Å²) in [6.45, 7) is 3.53. The quantitative estimate of drug-likeness (QED) is 0.468. The van der Waals surface area contributed by atoms with E-state index >= 15 is 0 Å². The Kier molecular flexibility index (Phi) is 7.10. The van der Waals surface area contributed by atoms with Gasteiger partial charge in [-0.2, -0.15) is 0 Å². The minimum atomic E-state index is -3.86. The van der Waals surface area contributed by atoms with Crippen molar-refractivity contribution in [3.05, 3.63) is 82.3 Å². The molecular weight excluding hydrogens is 459 g/mol. The molecule has 0 saturated heterocycles. The first-order valence-corrected chi connectivity index (χ1v) is 11.5. The monoisotopic (exact) mass is 478 g/mol. The van der Waals surface area contributed by atoms with Gasteiger partial charge >= 0.3 is 0 Å². The molecule has 3 aromatic rings. The first-order chi connectivity index (χ1) is 14.6. The van der Waals surface area contributed by atoms with E-state index in [0.29, 0.717) is 21.5 Å². The molecule has 0 saturated carbocycles. The summed E-state index contributed by atoms with van der Waals surface area (Å²) < 4.78 is 33.3. The molecule has 0 aliphatic carbocycles. The van der Waals surface area contributed by atoms with Crippen LogP contribution < -0.4 is 14.8 Å². The molecule has 1 amide bonds. The van der Waals surface area contributed by atoms with Gasteiger partial charge in [-0.1, -0.05) is 41.4 Å². The lowest BCUT2D eigenvalue weighted by Crippen LogP contribution is -2.30. The highest BCUT2D eigenvalue weighted by Gasteiger charge is 2.18. The second kappa shape index (κ2) is 9.60. The molecule has 0 aliphatic heterocycles. The van der Waals surface area contributed by atoms with Crippen LogP contribution in [0.4, 0.5) is 11.4 Å². The molecule has 9 heteroatoms. The van der Waals surface area contributed by atoms with Crippen molar-refractivity contribution < 1.29 is 17.9 Å². The Balaban J connectivity index is 1.66.